The number of hydrogen-bond donors (Lipinski definition) is 0. The Morgan fingerprint density at radius 1 is 1.15 bits per heavy atom. The van der Waals surface area contributed by atoms with Gasteiger partial charge in [0.25, 0.3) is 0 Å². The van der Waals surface area contributed by atoms with E-state index in [4.69, 9.17) is 4.74 Å². The number of ketones is 1. The van der Waals surface area contributed by atoms with Crippen molar-refractivity contribution < 1.29 is 22.3 Å². The van der Waals surface area contributed by atoms with Crippen LogP contribution in [0.1, 0.15) is 28.8 Å². The van der Waals surface area contributed by atoms with Gasteiger partial charge < -0.3 is 4.74 Å². The highest BCUT2D eigenvalue weighted by molar-refractivity contribution is 7.89. The number of alkyl halides is 1. The highest BCUT2D eigenvalue weighted by Gasteiger charge is 2.52. The molecule has 0 radical (unpaired) electrons. The Kier molecular flexibility index (Phi) is 4.31. The van der Waals surface area contributed by atoms with Crippen LogP contribution in [0.3, 0.4) is 0 Å². The number of Topliss-reactive ketones (excluding diaryl/α,β-unsaturated/α-hetero) is 1. The average Bonchev–Trinajstić information content (AvgIpc) is 3.41. The molecular formula is C20H20FNO4S. The van der Waals surface area contributed by atoms with Gasteiger partial charge in [-0.1, -0.05) is 29.8 Å². The summed E-state index contributed by atoms with van der Waals surface area (Å²) in [6, 6.07) is 12.6. The van der Waals surface area contributed by atoms with E-state index in [1.165, 1.54) is 24.3 Å². The lowest BCUT2D eigenvalue weighted by molar-refractivity contribution is -0.0331. The molecule has 0 amide bonds. The van der Waals surface area contributed by atoms with Crippen molar-refractivity contribution in [2.75, 3.05) is 13.1 Å². The predicted octanol–water partition coefficient (Wildman–Crippen LogP) is 3.34. The van der Waals surface area contributed by atoms with E-state index in [1.807, 2.05) is 6.92 Å². The maximum Gasteiger partial charge on any atom is 0.325 e. The van der Waals surface area contributed by atoms with E-state index in [-0.39, 0.29) is 28.7 Å². The van der Waals surface area contributed by atoms with Crippen molar-refractivity contribution in [2.24, 2.45) is 5.92 Å². The van der Waals surface area contributed by atoms with Gasteiger partial charge in [0, 0.05) is 6.54 Å². The zero-order valence-corrected chi connectivity index (χ0v) is 15.7. The van der Waals surface area contributed by atoms with Crippen molar-refractivity contribution >= 4 is 15.8 Å². The van der Waals surface area contributed by atoms with Crippen LogP contribution < -0.4 is 4.74 Å². The molecule has 0 bridgehead atoms. The smallest absolute Gasteiger partial charge is 0.325 e. The van der Waals surface area contributed by atoms with Crippen LogP contribution in [-0.2, 0) is 10.0 Å². The number of halogens is 1. The normalized spacial score (nSPS) is 22.0. The van der Waals surface area contributed by atoms with Crippen LogP contribution in [0.2, 0.25) is 0 Å². The standard InChI is InChI=1S/C20H20FNO4S/c1-14-6-10-16(11-7-14)27(24,25)22(12-15-8-9-15)13-20(21)19(23)17-4-2-3-5-18(17)26-20/h2-7,10-11,15H,8-9,12-13H2,1H3. The Bertz CT molecular complexity index is 985. The van der Waals surface area contributed by atoms with Gasteiger partial charge in [0.15, 0.2) is 0 Å². The van der Waals surface area contributed by atoms with Crippen molar-refractivity contribution in [3.8, 4) is 5.75 Å². The molecule has 0 aromatic heterocycles. The molecule has 2 aromatic carbocycles. The number of nitrogens with zero attached hydrogens (tertiary/aromatic N) is 1. The number of sulfonamides is 1. The minimum atomic E-state index is -3.95. The molecule has 0 saturated heterocycles. The summed E-state index contributed by atoms with van der Waals surface area (Å²) in [4.78, 5) is 12.6. The van der Waals surface area contributed by atoms with Crippen LogP contribution in [0.25, 0.3) is 0 Å². The third-order valence-electron chi connectivity index (χ3n) is 4.94. The number of carbonyl (C=O) groups is 1. The number of ether oxygens (including phenoxy) is 1. The van der Waals surface area contributed by atoms with E-state index in [0.29, 0.717) is 0 Å². The van der Waals surface area contributed by atoms with Crippen molar-refractivity contribution in [3.05, 3.63) is 59.7 Å². The molecule has 1 aliphatic carbocycles. The fraction of sp³-hybridized carbons (Fsp3) is 0.350. The van der Waals surface area contributed by atoms with Gasteiger partial charge in [-0.2, -0.15) is 8.70 Å². The quantitative estimate of drug-likeness (QED) is 0.760. The topological polar surface area (TPSA) is 63.7 Å². The third kappa shape index (κ3) is 3.37. The molecule has 1 saturated carbocycles. The van der Waals surface area contributed by atoms with Gasteiger partial charge in [0.05, 0.1) is 17.0 Å². The molecule has 2 aliphatic rings. The lowest BCUT2D eigenvalue weighted by atomic mass is 10.1. The summed E-state index contributed by atoms with van der Waals surface area (Å²) in [7, 11) is -3.95. The first-order valence-corrected chi connectivity index (χ1v) is 10.3. The van der Waals surface area contributed by atoms with E-state index >= 15 is 4.39 Å². The summed E-state index contributed by atoms with van der Waals surface area (Å²) in [6.45, 7) is 1.37. The summed E-state index contributed by atoms with van der Waals surface area (Å²) < 4.78 is 48.0. The SMILES string of the molecule is Cc1ccc(S(=O)(=O)N(CC2CC2)CC2(F)Oc3ccccc3C2=O)cc1. The van der Waals surface area contributed by atoms with E-state index in [9.17, 15) is 13.2 Å². The molecule has 1 unspecified atom stereocenters. The summed E-state index contributed by atoms with van der Waals surface area (Å²) in [5, 5.41) is 0. The molecule has 0 N–H and O–H groups in total. The van der Waals surface area contributed by atoms with Gasteiger partial charge in [0.1, 0.15) is 5.75 Å². The summed E-state index contributed by atoms with van der Waals surface area (Å²) in [5.74, 6) is -3.22. The van der Waals surface area contributed by atoms with Crippen molar-refractivity contribution in [1.29, 1.82) is 0 Å². The van der Waals surface area contributed by atoms with Crippen LogP contribution in [0, 0.1) is 12.8 Å². The molecule has 0 spiro atoms. The molecule has 1 fully saturated rings. The van der Waals surface area contributed by atoms with E-state index in [2.05, 4.69) is 0 Å². The fourth-order valence-corrected chi connectivity index (χ4v) is 4.71. The maximum absolute atomic E-state index is 15.5. The van der Waals surface area contributed by atoms with Gasteiger partial charge in [-0.3, -0.25) is 4.79 Å². The highest BCUT2D eigenvalue weighted by atomic mass is 32.2. The highest BCUT2D eigenvalue weighted by Crippen LogP contribution is 2.38. The average molecular weight is 389 g/mol. The van der Waals surface area contributed by atoms with Crippen LogP contribution in [0.15, 0.2) is 53.4 Å². The van der Waals surface area contributed by atoms with Crippen molar-refractivity contribution in [2.45, 2.75) is 30.5 Å². The number of benzene rings is 2. The number of fused-ring (bicyclic) bond motifs is 1. The zero-order chi connectivity index (χ0) is 19.2. The lowest BCUT2D eigenvalue weighted by Crippen LogP contribution is -2.49. The first kappa shape index (κ1) is 18.1. The van der Waals surface area contributed by atoms with E-state index in [0.717, 1.165) is 22.7 Å². The van der Waals surface area contributed by atoms with Crippen LogP contribution in [0.4, 0.5) is 4.39 Å². The van der Waals surface area contributed by atoms with E-state index in [1.54, 1.807) is 24.3 Å². The second-order valence-corrected chi connectivity index (χ2v) is 9.15. The number of rotatable bonds is 6. The van der Waals surface area contributed by atoms with Gasteiger partial charge in [-0.05, 0) is 49.9 Å². The van der Waals surface area contributed by atoms with E-state index < -0.39 is 28.2 Å². The maximum atomic E-state index is 15.5. The van der Waals surface area contributed by atoms with Crippen molar-refractivity contribution in [3.63, 3.8) is 0 Å². The minimum absolute atomic E-state index is 0.0836. The Morgan fingerprint density at radius 2 is 1.81 bits per heavy atom. The van der Waals surface area contributed by atoms with Gasteiger partial charge in [-0.25, -0.2) is 8.42 Å². The lowest BCUT2D eigenvalue weighted by Gasteiger charge is -2.27. The van der Waals surface area contributed by atoms with Gasteiger partial charge in [-0.15, -0.1) is 0 Å². The van der Waals surface area contributed by atoms with Crippen molar-refractivity contribution in [1.82, 2.24) is 4.31 Å². The third-order valence-corrected chi connectivity index (χ3v) is 6.77. The molecule has 1 heterocycles. The van der Waals surface area contributed by atoms with Crippen LogP contribution >= 0.6 is 0 Å². The molecule has 7 heteroatoms. The molecule has 142 valence electrons. The molecule has 1 aliphatic heterocycles. The summed E-state index contributed by atoms with van der Waals surface area (Å²) in [6.07, 6.45) is 1.79. The number of aryl methyl sites for hydroxylation is 1. The molecule has 2 aromatic rings. The summed E-state index contributed by atoms with van der Waals surface area (Å²) in [5.41, 5.74) is 1.06. The first-order valence-electron chi connectivity index (χ1n) is 8.88. The Balaban J connectivity index is 1.65. The molecule has 4 rings (SSSR count). The summed E-state index contributed by atoms with van der Waals surface area (Å²) >= 11 is 0. The van der Waals surface area contributed by atoms with Gasteiger partial charge in [0.2, 0.25) is 15.8 Å². The first-order chi connectivity index (χ1) is 12.8. The second-order valence-electron chi connectivity index (χ2n) is 7.21. The molecule has 5 nitrogen and oxygen atoms in total. The predicted molar refractivity (Wildman–Crippen MR) is 97.9 cm³/mol. The molecule has 27 heavy (non-hydrogen) atoms. The Labute approximate surface area is 157 Å². The largest absolute Gasteiger partial charge is 0.449 e. The Hall–Kier alpha value is -2.25. The Morgan fingerprint density at radius 3 is 2.44 bits per heavy atom. The van der Waals surface area contributed by atoms with Crippen LogP contribution in [-0.4, -0.2) is 37.5 Å². The van der Waals surface area contributed by atoms with Gasteiger partial charge >= 0.3 is 5.85 Å². The fourth-order valence-electron chi connectivity index (χ4n) is 3.19. The monoisotopic (exact) mass is 389 g/mol. The second kappa shape index (κ2) is 6.42. The van der Waals surface area contributed by atoms with Crippen LogP contribution in [0.5, 0.6) is 5.75 Å². The minimum Gasteiger partial charge on any atom is -0.449 e. The number of carbonyl (C=O) groups excluding carboxylic acids is 1. The molecular weight excluding hydrogens is 369 g/mol. The number of para-hydroxylation sites is 1. The zero-order valence-electron chi connectivity index (χ0n) is 14.9. The molecule has 1 atom stereocenters. The number of hydrogen-bond acceptors (Lipinski definition) is 4.